The predicted octanol–water partition coefficient (Wildman–Crippen LogP) is 1.58. The van der Waals surface area contributed by atoms with Gasteiger partial charge in [-0.25, -0.2) is 0 Å². The molecule has 0 spiro atoms. The Morgan fingerprint density at radius 1 is 1.42 bits per heavy atom. The molecule has 0 aliphatic carbocycles. The molecule has 0 bridgehead atoms. The minimum atomic E-state index is 0.138. The number of methoxy groups -OCH3 is 1. The monoisotopic (exact) mass is 262 g/mol. The lowest BCUT2D eigenvalue weighted by Gasteiger charge is -2.28. The third kappa shape index (κ3) is 3.70. The van der Waals surface area contributed by atoms with Crippen molar-refractivity contribution >= 4 is 5.91 Å². The van der Waals surface area contributed by atoms with Crippen molar-refractivity contribution in [1.82, 2.24) is 10.2 Å². The number of fused-ring (bicyclic) bond motifs is 1. The molecule has 4 nitrogen and oxygen atoms in total. The van der Waals surface area contributed by atoms with Crippen LogP contribution in [0.5, 0.6) is 5.75 Å². The maximum Gasteiger partial charge on any atom is 0.221 e. The second-order valence-corrected chi connectivity index (χ2v) is 4.86. The Morgan fingerprint density at radius 3 is 3.00 bits per heavy atom. The molecule has 1 aromatic rings. The van der Waals surface area contributed by atoms with Crippen LogP contribution in [0.2, 0.25) is 0 Å². The summed E-state index contributed by atoms with van der Waals surface area (Å²) in [4.78, 5) is 13.8. The van der Waals surface area contributed by atoms with Gasteiger partial charge in [0, 0.05) is 32.6 Å². The van der Waals surface area contributed by atoms with E-state index in [-0.39, 0.29) is 5.91 Å². The Labute approximate surface area is 114 Å². The predicted molar refractivity (Wildman–Crippen MR) is 75.3 cm³/mol. The fourth-order valence-corrected chi connectivity index (χ4v) is 2.45. The summed E-state index contributed by atoms with van der Waals surface area (Å²) in [5.74, 6) is 1.04. The van der Waals surface area contributed by atoms with Gasteiger partial charge in [-0.1, -0.05) is 6.07 Å². The maximum atomic E-state index is 11.5. The van der Waals surface area contributed by atoms with Gasteiger partial charge in [0.25, 0.3) is 0 Å². The van der Waals surface area contributed by atoms with Crippen LogP contribution >= 0.6 is 0 Å². The summed E-state index contributed by atoms with van der Waals surface area (Å²) in [6.07, 6.45) is 1.63. The summed E-state index contributed by atoms with van der Waals surface area (Å²) in [5, 5.41) is 2.84. The first-order valence-corrected chi connectivity index (χ1v) is 6.87. The molecule has 0 atom stereocenters. The lowest BCUT2D eigenvalue weighted by Crippen LogP contribution is -2.34. The number of benzene rings is 1. The van der Waals surface area contributed by atoms with E-state index in [4.69, 9.17) is 4.74 Å². The van der Waals surface area contributed by atoms with Gasteiger partial charge in [-0.3, -0.25) is 9.69 Å². The summed E-state index contributed by atoms with van der Waals surface area (Å²) in [6, 6.07) is 6.27. The number of hydrogen-bond donors (Lipinski definition) is 1. The highest BCUT2D eigenvalue weighted by molar-refractivity contribution is 5.75. The second kappa shape index (κ2) is 6.57. The van der Waals surface area contributed by atoms with Gasteiger partial charge in [0.2, 0.25) is 5.91 Å². The van der Waals surface area contributed by atoms with Crippen molar-refractivity contribution in [1.29, 1.82) is 0 Å². The molecule has 0 aromatic heterocycles. The number of rotatable bonds is 5. The minimum Gasteiger partial charge on any atom is -0.497 e. The molecule has 1 aliphatic rings. The summed E-state index contributed by atoms with van der Waals surface area (Å²) in [7, 11) is 1.69. The largest absolute Gasteiger partial charge is 0.497 e. The van der Waals surface area contributed by atoms with E-state index in [1.165, 1.54) is 11.1 Å². The lowest BCUT2D eigenvalue weighted by atomic mass is 9.99. The number of hydrogen-bond acceptors (Lipinski definition) is 3. The molecular formula is C15H22N2O2. The second-order valence-electron chi connectivity index (χ2n) is 4.86. The maximum absolute atomic E-state index is 11.5. The highest BCUT2D eigenvalue weighted by Crippen LogP contribution is 2.23. The van der Waals surface area contributed by atoms with Gasteiger partial charge < -0.3 is 10.1 Å². The van der Waals surface area contributed by atoms with Gasteiger partial charge in [-0.2, -0.15) is 0 Å². The van der Waals surface area contributed by atoms with E-state index in [2.05, 4.69) is 22.3 Å². The fraction of sp³-hybridized carbons (Fsp3) is 0.533. The Hall–Kier alpha value is -1.55. The minimum absolute atomic E-state index is 0.138. The van der Waals surface area contributed by atoms with Crippen LogP contribution in [0.4, 0.5) is 0 Å². The number of carbonyl (C=O) groups is 1. The van der Waals surface area contributed by atoms with Crippen molar-refractivity contribution in [2.24, 2.45) is 0 Å². The molecule has 1 heterocycles. The zero-order chi connectivity index (χ0) is 13.7. The van der Waals surface area contributed by atoms with Crippen LogP contribution in [0.15, 0.2) is 18.2 Å². The highest BCUT2D eigenvalue weighted by Gasteiger charge is 2.17. The molecule has 104 valence electrons. The molecule has 1 amide bonds. The zero-order valence-corrected chi connectivity index (χ0v) is 11.7. The third-order valence-electron chi connectivity index (χ3n) is 3.53. The van der Waals surface area contributed by atoms with Gasteiger partial charge in [-0.05, 0) is 36.6 Å². The first-order chi connectivity index (χ1) is 9.22. The van der Waals surface area contributed by atoms with Gasteiger partial charge in [0.15, 0.2) is 0 Å². The molecule has 0 radical (unpaired) electrons. The van der Waals surface area contributed by atoms with Crippen LogP contribution in [0.3, 0.4) is 0 Å². The van der Waals surface area contributed by atoms with E-state index < -0.39 is 0 Å². The van der Waals surface area contributed by atoms with Crippen LogP contribution in [-0.4, -0.2) is 37.6 Å². The summed E-state index contributed by atoms with van der Waals surface area (Å²) in [5.41, 5.74) is 2.72. The molecule has 1 N–H and O–H groups in total. The molecule has 0 saturated carbocycles. The Kier molecular flexibility index (Phi) is 4.80. The van der Waals surface area contributed by atoms with Crippen molar-refractivity contribution in [3.63, 3.8) is 0 Å². The Balaban J connectivity index is 1.91. The number of amides is 1. The van der Waals surface area contributed by atoms with E-state index in [0.29, 0.717) is 13.0 Å². The Bertz CT molecular complexity index is 446. The van der Waals surface area contributed by atoms with Gasteiger partial charge in [0.1, 0.15) is 5.75 Å². The highest BCUT2D eigenvalue weighted by atomic mass is 16.5. The van der Waals surface area contributed by atoms with Crippen molar-refractivity contribution in [3.05, 3.63) is 29.3 Å². The SMILES string of the molecule is CCNC(=O)CCN1CCc2ccc(OC)cc2C1. The Morgan fingerprint density at radius 2 is 2.26 bits per heavy atom. The summed E-state index contributed by atoms with van der Waals surface area (Å²) >= 11 is 0. The molecule has 2 rings (SSSR count). The first-order valence-electron chi connectivity index (χ1n) is 6.87. The van der Waals surface area contributed by atoms with E-state index in [1.54, 1.807) is 7.11 Å². The van der Waals surface area contributed by atoms with Crippen LogP contribution in [0.1, 0.15) is 24.5 Å². The molecule has 1 aliphatic heterocycles. The number of nitrogens with one attached hydrogen (secondary N) is 1. The average molecular weight is 262 g/mol. The van der Waals surface area contributed by atoms with E-state index in [1.807, 2.05) is 13.0 Å². The van der Waals surface area contributed by atoms with Crippen LogP contribution < -0.4 is 10.1 Å². The molecule has 1 aromatic carbocycles. The van der Waals surface area contributed by atoms with E-state index in [0.717, 1.165) is 31.8 Å². The zero-order valence-electron chi connectivity index (χ0n) is 11.7. The van der Waals surface area contributed by atoms with Crippen molar-refractivity contribution in [2.75, 3.05) is 26.7 Å². The molecule has 0 fully saturated rings. The molecule has 0 saturated heterocycles. The molecular weight excluding hydrogens is 240 g/mol. The standard InChI is InChI=1S/C15H22N2O2/c1-3-16-15(18)7-9-17-8-6-12-4-5-14(19-2)10-13(12)11-17/h4-5,10H,3,6-9,11H2,1-2H3,(H,16,18). The third-order valence-corrected chi connectivity index (χ3v) is 3.53. The quantitative estimate of drug-likeness (QED) is 0.876. The smallest absolute Gasteiger partial charge is 0.221 e. The number of carbonyl (C=O) groups excluding carboxylic acids is 1. The molecule has 0 unspecified atom stereocenters. The fourth-order valence-electron chi connectivity index (χ4n) is 2.45. The lowest BCUT2D eigenvalue weighted by molar-refractivity contribution is -0.121. The topological polar surface area (TPSA) is 41.6 Å². The summed E-state index contributed by atoms with van der Waals surface area (Å²) in [6.45, 7) is 5.41. The number of ether oxygens (including phenoxy) is 1. The van der Waals surface area contributed by atoms with Crippen molar-refractivity contribution in [3.8, 4) is 5.75 Å². The van der Waals surface area contributed by atoms with Crippen LogP contribution in [0, 0.1) is 0 Å². The average Bonchev–Trinajstić information content (AvgIpc) is 2.44. The van der Waals surface area contributed by atoms with Crippen LogP contribution in [-0.2, 0) is 17.8 Å². The van der Waals surface area contributed by atoms with Gasteiger partial charge in [-0.15, -0.1) is 0 Å². The molecule has 19 heavy (non-hydrogen) atoms. The van der Waals surface area contributed by atoms with Gasteiger partial charge >= 0.3 is 0 Å². The van der Waals surface area contributed by atoms with Crippen molar-refractivity contribution in [2.45, 2.75) is 26.3 Å². The van der Waals surface area contributed by atoms with E-state index in [9.17, 15) is 4.79 Å². The van der Waals surface area contributed by atoms with Gasteiger partial charge in [0.05, 0.1) is 7.11 Å². The normalized spacial score (nSPS) is 14.8. The van der Waals surface area contributed by atoms with E-state index >= 15 is 0 Å². The van der Waals surface area contributed by atoms with Crippen molar-refractivity contribution < 1.29 is 9.53 Å². The number of nitrogens with zero attached hydrogens (tertiary/aromatic N) is 1. The van der Waals surface area contributed by atoms with Crippen LogP contribution in [0.25, 0.3) is 0 Å². The summed E-state index contributed by atoms with van der Waals surface area (Å²) < 4.78 is 5.26. The molecule has 4 heteroatoms. The first kappa shape index (κ1) is 13.9.